The molecule has 3 aromatic carbocycles. The summed E-state index contributed by atoms with van der Waals surface area (Å²) in [7, 11) is 1.61. The van der Waals surface area contributed by atoms with E-state index in [-0.39, 0.29) is 17.6 Å². The van der Waals surface area contributed by atoms with E-state index in [1.807, 2.05) is 81.4 Å². The third-order valence-corrected chi connectivity index (χ3v) is 6.40. The normalized spacial score (nSPS) is 14.3. The molecule has 178 valence electrons. The van der Waals surface area contributed by atoms with Crippen molar-refractivity contribution in [2.75, 3.05) is 23.1 Å². The fourth-order valence-corrected chi connectivity index (χ4v) is 4.60. The second-order valence-corrected chi connectivity index (χ2v) is 9.28. The smallest absolute Gasteiger partial charge is 0.283 e. The summed E-state index contributed by atoms with van der Waals surface area (Å²) in [6.45, 7) is 5.93. The number of benzene rings is 3. The first-order valence-corrected chi connectivity index (χ1v) is 12.2. The monoisotopic (exact) mass is 485 g/mol. The van der Waals surface area contributed by atoms with E-state index in [0.29, 0.717) is 10.9 Å². The average Bonchev–Trinajstić information content (AvgIpc) is 3.14. The van der Waals surface area contributed by atoms with Gasteiger partial charge >= 0.3 is 0 Å². The minimum absolute atomic E-state index is 0.123. The number of nitrogens with zero attached hydrogens (tertiary/aromatic N) is 2. The lowest BCUT2D eigenvalue weighted by Gasteiger charge is -2.19. The minimum atomic E-state index is -0.229. The first-order valence-electron chi connectivity index (χ1n) is 11.2. The van der Waals surface area contributed by atoms with Crippen LogP contribution in [0.3, 0.4) is 0 Å². The number of rotatable bonds is 6. The lowest BCUT2D eigenvalue weighted by atomic mass is 10.1. The number of aryl methyl sites for hydroxylation is 3. The van der Waals surface area contributed by atoms with E-state index < -0.39 is 0 Å². The van der Waals surface area contributed by atoms with Gasteiger partial charge in [-0.3, -0.25) is 14.5 Å². The predicted molar refractivity (Wildman–Crippen MR) is 144 cm³/mol. The van der Waals surface area contributed by atoms with Crippen LogP contribution in [0.2, 0.25) is 0 Å². The van der Waals surface area contributed by atoms with E-state index in [1.165, 1.54) is 11.8 Å². The molecule has 4 rings (SSSR count). The number of nitrogens with one attached hydrogen (secondary N) is 1. The molecule has 0 atom stereocenters. The molecule has 1 heterocycles. The van der Waals surface area contributed by atoms with Crippen LogP contribution in [0, 0.1) is 20.8 Å². The number of amides is 2. The van der Waals surface area contributed by atoms with Crippen molar-refractivity contribution < 1.29 is 14.3 Å². The van der Waals surface area contributed by atoms with Gasteiger partial charge < -0.3 is 10.1 Å². The number of methoxy groups -OCH3 is 1. The third-order valence-electron chi connectivity index (χ3n) is 5.46. The Kier molecular flexibility index (Phi) is 7.36. The number of anilines is 2. The summed E-state index contributed by atoms with van der Waals surface area (Å²) in [4.78, 5) is 32.3. The molecular formula is C28H27N3O3S. The number of hydrogen-bond acceptors (Lipinski definition) is 5. The van der Waals surface area contributed by atoms with E-state index in [2.05, 4.69) is 16.4 Å². The number of carbonyl (C=O) groups excluding carboxylic acids is 2. The van der Waals surface area contributed by atoms with Gasteiger partial charge in [0.05, 0.1) is 18.6 Å². The molecule has 0 spiro atoms. The zero-order chi connectivity index (χ0) is 24.9. The summed E-state index contributed by atoms with van der Waals surface area (Å²) in [5.41, 5.74) is 5.73. The molecule has 0 bridgehead atoms. The van der Waals surface area contributed by atoms with Crippen LogP contribution in [0.25, 0.3) is 6.08 Å². The number of aliphatic imine (C=N–C) groups is 1. The highest BCUT2D eigenvalue weighted by atomic mass is 32.2. The van der Waals surface area contributed by atoms with Crippen LogP contribution < -0.4 is 15.0 Å². The summed E-state index contributed by atoms with van der Waals surface area (Å²) in [6, 6.07) is 21.0. The zero-order valence-electron chi connectivity index (χ0n) is 20.2. The van der Waals surface area contributed by atoms with Gasteiger partial charge in [0.15, 0.2) is 5.17 Å². The Morgan fingerprint density at radius 2 is 1.71 bits per heavy atom. The van der Waals surface area contributed by atoms with Crippen molar-refractivity contribution in [3.63, 3.8) is 0 Å². The summed E-state index contributed by atoms with van der Waals surface area (Å²) in [5, 5.41) is 3.41. The zero-order valence-corrected chi connectivity index (χ0v) is 21.0. The van der Waals surface area contributed by atoms with E-state index in [9.17, 15) is 9.59 Å². The van der Waals surface area contributed by atoms with E-state index >= 15 is 0 Å². The topological polar surface area (TPSA) is 71.0 Å². The molecule has 0 aliphatic carbocycles. The first kappa shape index (κ1) is 24.3. The molecule has 35 heavy (non-hydrogen) atoms. The van der Waals surface area contributed by atoms with Gasteiger partial charge in [0.1, 0.15) is 11.4 Å². The molecule has 0 fully saturated rings. The molecule has 0 saturated heterocycles. The molecule has 0 radical (unpaired) electrons. The average molecular weight is 486 g/mol. The molecule has 3 aromatic rings. The Bertz CT molecular complexity index is 1310. The molecule has 0 unspecified atom stereocenters. The number of para-hydroxylation sites is 1. The molecule has 1 aliphatic heterocycles. The lowest BCUT2D eigenvalue weighted by Crippen LogP contribution is -2.31. The van der Waals surface area contributed by atoms with Crippen molar-refractivity contribution in [1.29, 1.82) is 0 Å². The fraction of sp³-hybridized carbons (Fsp3) is 0.179. The Hall–Kier alpha value is -3.84. The Morgan fingerprint density at radius 1 is 1.03 bits per heavy atom. The van der Waals surface area contributed by atoms with Crippen LogP contribution in [0.15, 0.2) is 77.4 Å². The van der Waals surface area contributed by atoms with E-state index in [0.717, 1.165) is 39.4 Å². The van der Waals surface area contributed by atoms with Gasteiger partial charge in [-0.15, -0.1) is 0 Å². The SMILES string of the molecule is COc1ccc(/C=C2\N=C(SCC(=O)Nc3ccccc3C)N(c3cc(C)cc(C)c3)C2=O)cc1. The van der Waals surface area contributed by atoms with Gasteiger partial charge in [-0.25, -0.2) is 4.99 Å². The molecule has 2 amide bonds. The van der Waals surface area contributed by atoms with Crippen molar-refractivity contribution >= 4 is 46.2 Å². The van der Waals surface area contributed by atoms with Crippen LogP contribution in [-0.4, -0.2) is 29.8 Å². The second-order valence-electron chi connectivity index (χ2n) is 8.34. The van der Waals surface area contributed by atoms with Gasteiger partial charge in [-0.2, -0.15) is 0 Å². The van der Waals surface area contributed by atoms with E-state index in [4.69, 9.17) is 4.74 Å². The summed E-state index contributed by atoms with van der Waals surface area (Å²) in [5.74, 6) is 0.471. The van der Waals surface area contributed by atoms with Crippen LogP contribution in [0.5, 0.6) is 5.75 Å². The summed E-state index contributed by atoms with van der Waals surface area (Å²) < 4.78 is 5.21. The van der Waals surface area contributed by atoms with Crippen molar-refractivity contribution in [2.45, 2.75) is 20.8 Å². The number of carbonyl (C=O) groups is 2. The maximum Gasteiger partial charge on any atom is 0.283 e. The van der Waals surface area contributed by atoms with E-state index in [1.54, 1.807) is 18.1 Å². The number of ether oxygens (including phenoxy) is 1. The first-order chi connectivity index (χ1) is 16.8. The summed E-state index contributed by atoms with van der Waals surface area (Å²) >= 11 is 1.24. The van der Waals surface area contributed by atoms with Crippen molar-refractivity contribution in [3.05, 3.63) is 94.7 Å². The van der Waals surface area contributed by atoms with Gasteiger partial charge in [0.2, 0.25) is 5.91 Å². The maximum atomic E-state index is 13.5. The molecular weight excluding hydrogens is 458 g/mol. The minimum Gasteiger partial charge on any atom is -0.497 e. The van der Waals surface area contributed by atoms with Gasteiger partial charge in [0.25, 0.3) is 5.91 Å². The van der Waals surface area contributed by atoms with Gasteiger partial charge in [-0.05, 0) is 79.4 Å². The van der Waals surface area contributed by atoms with Crippen LogP contribution in [0.4, 0.5) is 11.4 Å². The number of amidine groups is 1. The lowest BCUT2D eigenvalue weighted by molar-refractivity contribution is -0.114. The fourth-order valence-electron chi connectivity index (χ4n) is 3.79. The largest absolute Gasteiger partial charge is 0.497 e. The molecule has 6 nitrogen and oxygen atoms in total. The third kappa shape index (κ3) is 5.81. The highest BCUT2D eigenvalue weighted by Gasteiger charge is 2.32. The maximum absolute atomic E-state index is 13.5. The van der Waals surface area contributed by atoms with Crippen LogP contribution in [0.1, 0.15) is 22.3 Å². The number of hydrogen-bond donors (Lipinski definition) is 1. The Balaban J connectivity index is 1.60. The molecule has 1 N–H and O–H groups in total. The molecule has 0 saturated carbocycles. The Labute approximate surface area is 209 Å². The highest BCUT2D eigenvalue weighted by Crippen LogP contribution is 2.31. The quantitative estimate of drug-likeness (QED) is 0.452. The van der Waals surface area contributed by atoms with Crippen LogP contribution in [-0.2, 0) is 9.59 Å². The molecule has 0 aromatic heterocycles. The molecule has 7 heteroatoms. The van der Waals surface area contributed by atoms with Gasteiger partial charge in [0, 0.05) is 5.69 Å². The molecule has 1 aliphatic rings. The predicted octanol–water partition coefficient (Wildman–Crippen LogP) is 5.74. The van der Waals surface area contributed by atoms with Crippen molar-refractivity contribution in [3.8, 4) is 5.75 Å². The van der Waals surface area contributed by atoms with Crippen molar-refractivity contribution in [2.24, 2.45) is 4.99 Å². The van der Waals surface area contributed by atoms with Crippen LogP contribution >= 0.6 is 11.8 Å². The summed E-state index contributed by atoms with van der Waals surface area (Å²) in [6.07, 6.45) is 1.75. The number of thioether (sulfide) groups is 1. The standard InChI is InChI=1S/C28H27N3O3S/c1-18-13-19(2)15-22(14-18)31-27(33)25(16-21-9-11-23(34-4)12-10-21)30-28(31)35-17-26(32)29-24-8-6-5-7-20(24)3/h5-16H,17H2,1-4H3,(H,29,32)/b25-16-. The Morgan fingerprint density at radius 3 is 2.37 bits per heavy atom. The van der Waals surface area contributed by atoms with Crippen molar-refractivity contribution in [1.82, 2.24) is 0 Å². The highest BCUT2D eigenvalue weighted by molar-refractivity contribution is 8.14. The second kappa shape index (κ2) is 10.6. The van der Waals surface area contributed by atoms with Gasteiger partial charge in [-0.1, -0.05) is 48.2 Å².